The van der Waals surface area contributed by atoms with E-state index in [0.29, 0.717) is 5.11 Å². The summed E-state index contributed by atoms with van der Waals surface area (Å²) < 4.78 is 0. The number of benzene rings is 2. The molecule has 23 heavy (non-hydrogen) atoms. The molecule has 2 aromatic carbocycles. The van der Waals surface area contributed by atoms with Crippen LogP contribution in [0.15, 0.2) is 60.7 Å². The van der Waals surface area contributed by atoms with E-state index in [0.717, 1.165) is 19.5 Å². The molecule has 4 heteroatoms. The van der Waals surface area contributed by atoms with Crippen LogP contribution in [0.2, 0.25) is 0 Å². The first-order valence-electron chi connectivity index (χ1n) is 7.96. The number of rotatable bonds is 7. The fraction of sp³-hybridized carbons (Fsp3) is 0.316. The Labute approximate surface area is 144 Å². The van der Waals surface area contributed by atoms with Crippen molar-refractivity contribution in [2.75, 3.05) is 27.2 Å². The Hall–Kier alpha value is -1.91. The quantitative estimate of drug-likeness (QED) is 0.603. The Balaban J connectivity index is 2.00. The summed E-state index contributed by atoms with van der Waals surface area (Å²) in [5.41, 5.74) is 2.41. The van der Waals surface area contributed by atoms with E-state index < -0.39 is 0 Å². The van der Waals surface area contributed by atoms with Crippen molar-refractivity contribution in [2.24, 2.45) is 0 Å². The number of nitrogens with zero attached hydrogens (tertiary/aromatic N) is 1. The van der Waals surface area contributed by atoms with Gasteiger partial charge in [0.1, 0.15) is 0 Å². The van der Waals surface area contributed by atoms with Gasteiger partial charge >= 0.3 is 0 Å². The molecule has 0 aliphatic carbocycles. The first kappa shape index (κ1) is 17.4. The van der Waals surface area contributed by atoms with Gasteiger partial charge in [-0.05, 0) is 50.4 Å². The summed E-state index contributed by atoms with van der Waals surface area (Å²) in [5.74, 6) is 0. The predicted molar refractivity (Wildman–Crippen MR) is 102 cm³/mol. The van der Waals surface area contributed by atoms with Crippen molar-refractivity contribution in [3.8, 4) is 0 Å². The number of hydrogen-bond acceptors (Lipinski definition) is 2. The Kier molecular flexibility index (Phi) is 7.04. The third-order valence-corrected chi connectivity index (χ3v) is 3.87. The lowest BCUT2D eigenvalue weighted by Gasteiger charge is -2.22. The second-order valence-corrected chi connectivity index (χ2v) is 6.22. The van der Waals surface area contributed by atoms with Crippen molar-refractivity contribution in [3.05, 3.63) is 71.8 Å². The fourth-order valence-electron chi connectivity index (χ4n) is 2.43. The summed E-state index contributed by atoms with van der Waals surface area (Å²) in [6.07, 6.45) is 1.07. The van der Waals surface area contributed by atoms with Gasteiger partial charge in [-0.2, -0.15) is 0 Å². The Morgan fingerprint density at radius 3 is 1.96 bits per heavy atom. The fourth-order valence-corrected chi connectivity index (χ4v) is 2.65. The third kappa shape index (κ3) is 6.00. The molecule has 0 fully saturated rings. The summed E-state index contributed by atoms with van der Waals surface area (Å²) in [7, 11) is 4.16. The van der Waals surface area contributed by atoms with Gasteiger partial charge in [0.2, 0.25) is 0 Å². The molecule has 122 valence electrons. The maximum absolute atomic E-state index is 5.47. The first-order chi connectivity index (χ1) is 11.2. The summed E-state index contributed by atoms with van der Waals surface area (Å²) >= 11 is 5.47. The molecule has 0 aliphatic heterocycles. The van der Waals surface area contributed by atoms with E-state index in [-0.39, 0.29) is 6.04 Å². The van der Waals surface area contributed by atoms with Crippen molar-refractivity contribution in [2.45, 2.75) is 12.5 Å². The summed E-state index contributed by atoms with van der Waals surface area (Å²) in [6.45, 7) is 1.93. The van der Waals surface area contributed by atoms with Crippen LogP contribution in [0.3, 0.4) is 0 Å². The van der Waals surface area contributed by atoms with Crippen LogP contribution in [0.25, 0.3) is 0 Å². The van der Waals surface area contributed by atoms with Gasteiger partial charge in [-0.15, -0.1) is 0 Å². The van der Waals surface area contributed by atoms with Crippen LogP contribution in [-0.4, -0.2) is 37.2 Å². The van der Waals surface area contributed by atoms with E-state index in [9.17, 15) is 0 Å². The molecule has 0 saturated carbocycles. The predicted octanol–water partition coefficient (Wildman–Crippen LogP) is 3.19. The minimum atomic E-state index is 0.0613. The molecule has 0 heterocycles. The smallest absolute Gasteiger partial charge is 0.167 e. The molecule has 0 bridgehead atoms. The van der Waals surface area contributed by atoms with Crippen molar-refractivity contribution >= 4 is 17.3 Å². The number of hydrogen-bond donors (Lipinski definition) is 2. The average molecular weight is 327 g/mol. The second kappa shape index (κ2) is 9.28. The SMILES string of the molecule is CN(C)CCCNC(=S)NC(c1ccccc1)c1ccccc1. The van der Waals surface area contributed by atoms with E-state index in [1.807, 2.05) is 12.1 Å². The van der Waals surface area contributed by atoms with Crippen molar-refractivity contribution in [1.82, 2.24) is 15.5 Å². The lowest BCUT2D eigenvalue weighted by molar-refractivity contribution is 0.400. The minimum absolute atomic E-state index is 0.0613. The lowest BCUT2D eigenvalue weighted by atomic mass is 9.99. The molecule has 3 nitrogen and oxygen atoms in total. The van der Waals surface area contributed by atoms with Gasteiger partial charge < -0.3 is 15.5 Å². The molecule has 0 amide bonds. The van der Waals surface area contributed by atoms with Gasteiger partial charge in [0.15, 0.2) is 5.11 Å². The molecule has 0 aromatic heterocycles. The zero-order valence-corrected chi connectivity index (χ0v) is 14.6. The zero-order valence-electron chi connectivity index (χ0n) is 13.8. The highest BCUT2D eigenvalue weighted by Crippen LogP contribution is 2.21. The second-order valence-electron chi connectivity index (χ2n) is 5.81. The van der Waals surface area contributed by atoms with Crippen LogP contribution < -0.4 is 10.6 Å². The van der Waals surface area contributed by atoms with Crippen molar-refractivity contribution in [1.29, 1.82) is 0 Å². The molecular weight excluding hydrogens is 302 g/mol. The monoisotopic (exact) mass is 327 g/mol. The largest absolute Gasteiger partial charge is 0.363 e. The van der Waals surface area contributed by atoms with Gasteiger partial charge in [0, 0.05) is 6.54 Å². The average Bonchev–Trinajstić information content (AvgIpc) is 2.58. The summed E-state index contributed by atoms with van der Waals surface area (Å²) in [5, 5.41) is 7.44. The highest BCUT2D eigenvalue weighted by Gasteiger charge is 2.14. The Morgan fingerprint density at radius 2 is 1.48 bits per heavy atom. The first-order valence-corrected chi connectivity index (χ1v) is 8.36. The van der Waals surface area contributed by atoms with Crippen LogP contribution in [0.5, 0.6) is 0 Å². The zero-order chi connectivity index (χ0) is 16.5. The normalized spacial score (nSPS) is 10.8. The van der Waals surface area contributed by atoms with Gasteiger partial charge in [-0.25, -0.2) is 0 Å². The lowest BCUT2D eigenvalue weighted by Crippen LogP contribution is -2.39. The molecule has 0 spiro atoms. The maximum Gasteiger partial charge on any atom is 0.167 e. The van der Waals surface area contributed by atoms with E-state index in [2.05, 4.69) is 78.2 Å². The molecule has 0 aliphatic rings. The molecule has 2 N–H and O–H groups in total. The minimum Gasteiger partial charge on any atom is -0.363 e. The molecule has 0 atom stereocenters. The van der Waals surface area contributed by atoms with Gasteiger partial charge in [-0.3, -0.25) is 0 Å². The molecular formula is C19H25N3S. The number of thiocarbonyl (C=S) groups is 1. The highest BCUT2D eigenvalue weighted by molar-refractivity contribution is 7.80. The van der Waals surface area contributed by atoms with Crippen molar-refractivity contribution < 1.29 is 0 Å². The molecule has 2 aromatic rings. The van der Waals surface area contributed by atoms with E-state index >= 15 is 0 Å². The van der Waals surface area contributed by atoms with E-state index in [1.54, 1.807) is 0 Å². The van der Waals surface area contributed by atoms with E-state index in [1.165, 1.54) is 11.1 Å². The van der Waals surface area contributed by atoms with Crippen LogP contribution in [0.4, 0.5) is 0 Å². The molecule has 0 radical (unpaired) electrons. The topological polar surface area (TPSA) is 27.3 Å². The molecule has 2 rings (SSSR count). The van der Waals surface area contributed by atoms with Gasteiger partial charge in [-0.1, -0.05) is 60.7 Å². The van der Waals surface area contributed by atoms with Crippen LogP contribution in [-0.2, 0) is 0 Å². The van der Waals surface area contributed by atoms with Crippen LogP contribution in [0, 0.1) is 0 Å². The Morgan fingerprint density at radius 1 is 0.957 bits per heavy atom. The molecule has 0 saturated heterocycles. The highest BCUT2D eigenvalue weighted by atomic mass is 32.1. The molecule has 0 unspecified atom stereocenters. The summed E-state index contributed by atoms with van der Waals surface area (Å²) in [4.78, 5) is 2.18. The number of nitrogens with one attached hydrogen (secondary N) is 2. The summed E-state index contributed by atoms with van der Waals surface area (Å²) in [6, 6.07) is 20.8. The van der Waals surface area contributed by atoms with Gasteiger partial charge in [0.05, 0.1) is 6.04 Å². The third-order valence-electron chi connectivity index (χ3n) is 3.61. The van der Waals surface area contributed by atoms with Crippen molar-refractivity contribution in [3.63, 3.8) is 0 Å². The van der Waals surface area contributed by atoms with Crippen LogP contribution >= 0.6 is 12.2 Å². The Bertz CT molecular complexity index is 545. The standard InChI is InChI=1S/C19H25N3S/c1-22(2)15-9-14-20-19(23)21-18(16-10-5-3-6-11-16)17-12-7-4-8-13-17/h3-8,10-13,18H,9,14-15H2,1-2H3,(H2,20,21,23). The maximum atomic E-state index is 5.47. The van der Waals surface area contributed by atoms with Gasteiger partial charge in [0.25, 0.3) is 0 Å². The van der Waals surface area contributed by atoms with Crippen LogP contribution in [0.1, 0.15) is 23.6 Å². The van der Waals surface area contributed by atoms with E-state index in [4.69, 9.17) is 12.2 Å².